The van der Waals surface area contributed by atoms with Crippen LogP contribution in [0.4, 0.5) is 5.82 Å². The number of likely N-dealkylation sites (N-methyl/N-ethyl adjacent to an activating group) is 1. The molecule has 1 aliphatic rings. The van der Waals surface area contributed by atoms with Gasteiger partial charge in [0.2, 0.25) is 0 Å². The van der Waals surface area contributed by atoms with E-state index in [1.165, 1.54) is 0 Å². The van der Waals surface area contributed by atoms with Gasteiger partial charge in [0.1, 0.15) is 11.6 Å². The number of rotatable bonds is 5. The molecule has 1 aliphatic heterocycles. The summed E-state index contributed by atoms with van der Waals surface area (Å²) < 4.78 is 5.70. The minimum Gasteiger partial charge on any atom is -0.507 e. The van der Waals surface area contributed by atoms with Gasteiger partial charge in [-0.15, -0.1) is 0 Å². The molecule has 0 radical (unpaired) electrons. The molecule has 2 heterocycles. The lowest BCUT2D eigenvalue weighted by molar-refractivity contribution is 0.127. The average molecular weight is 386 g/mol. The number of phenols is 1. The molecule has 2 aromatic rings. The lowest BCUT2D eigenvalue weighted by Gasteiger charge is -2.29. The van der Waals surface area contributed by atoms with Gasteiger partial charge in [-0.2, -0.15) is 0 Å². The number of hydrogen-bond donors (Lipinski definition) is 5. The molecule has 0 saturated carbocycles. The monoisotopic (exact) mass is 385 g/mol. The van der Waals surface area contributed by atoms with Gasteiger partial charge in [0, 0.05) is 47.7 Å². The molecule has 1 fully saturated rings. The van der Waals surface area contributed by atoms with Crippen molar-refractivity contribution < 1.29 is 9.84 Å². The number of benzene rings is 1. The maximum atomic E-state index is 10.1. The fourth-order valence-corrected chi connectivity index (χ4v) is 3.75. The Morgan fingerprint density at radius 1 is 1.43 bits per heavy atom. The smallest absolute Gasteiger partial charge is 0.124 e. The van der Waals surface area contributed by atoms with Crippen molar-refractivity contribution in [3.8, 4) is 5.75 Å². The fraction of sp³-hybridized carbons (Fsp3) is 0.429. The highest BCUT2D eigenvalue weighted by molar-refractivity contribution is 5.85. The highest BCUT2D eigenvalue weighted by atomic mass is 16.5. The molecule has 152 valence electrons. The molecule has 2 unspecified atom stereocenters. The van der Waals surface area contributed by atoms with Crippen LogP contribution in [0.15, 0.2) is 24.3 Å². The van der Waals surface area contributed by atoms with E-state index in [1.54, 1.807) is 18.2 Å². The number of aromatic hydroxyl groups is 1. The van der Waals surface area contributed by atoms with E-state index in [-0.39, 0.29) is 11.8 Å². The molecule has 2 atom stereocenters. The van der Waals surface area contributed by atoms with Crippen LogP contribution in [0.1, 0.15) is 35.3 Å². The van der Waals surface area contributed by atoms with Crippen molar-refractivity contribution in [2.24, 2.45) is 5.73 Å². The molecule has 7 heteroatoms. The van der Waals surface area contributed by atoms with E-state index < -0.39 is 0 Å². The molecular weight excluding hydrogens is 354 g/mol. The molecule has 1 aromatic heterocycles. The number of para-hydroxylation sites is 1. The average Bonchev–Trinajstić information content (AvgIpc) is 2.87. The predicted octanol–water partition coefficient (Wildman–Crippen LogP) is 2.05. The van der Waals surface area contributed by atoms with Crippen LogP contribution in [-0.2, 0) is 4.74 Å². The summed E-state index contributed by atoms with van der Waals surface area (Å²) in [5.41, 5.74) is 16.6. The van der Waals surface area contributed by atoms with E-state index in [0.29, 0.717) is 29.7 Å². The van der Waals surface area contributed by atoms with Crippen molar-refractivity contribution in [2.45, 2.75) is 25.9 Å². The summed E-state index contributed by atoms with van der Waals surface area (Å²) in [4.78, 5) is 5.74. The second-order valence-electron chi connectivity index (χ2n) is 7.34. The van der Waals surface area contributed by atoms with Gasteiger partial charge in [0.05, 0.1) is 13.2 Å². The number of nitrogens with two attached hydrogens (primary N) is 2. The number of nitrogens with zero attached hydrogens (tertiary/aromatic N) is 1. The van der Waals surface area contributed by atoms with E-state index in [9.17, 15) is 5.11 Å². The van der Waals surface area contributed by atoms with E-state index in [2.05, 4.69) is 22.1 Å². The Kier molecular flexibility index (Phi) is 6.28. The maximum absolute atomic E-state index is 10.1. The Morgan fingerprint density at radius 2 is 2.18 bits per heavy atom. The van der Waals surface area contributed by atoms with Gasteiger partial charge in [0.25, 0.3) is 0 Å². The van der Waals surface area contributed by atoms with Crippen LogP contribution >= 0.6 is 0 Å². The van der Waals surface area contributed by atoms with Gasteiger partial charge in [-0.1, -0.05) is 12.1 Å². The first kappa shape index (κ1) is 20.3. The van der Waals surface area contributed by atoms with Crippen LogP contribution in [-0.4, -0.2) is 54.4 Å². The molecule has 0 amide bonds. The van der Waals surface area contributed by atoms with E-state index >= 15 is 0 Å². The third-order valence-corrected chi connectivity index (χ3v) is 5.55. The number of ether oxygens (including phenoxy) is 1. The zero-order chi connectivity index (χ0) is 20.3. The summed E-state index contributed by atoms with van der Waals surface area (Å²) in [5.74, 6) is 0.730. The summed E-state index contributed by atoms with van der Waals surface area (Å²) >= 11 is 0. The fourth-order valence-electron chi connectivity index (χ4n) is 3.75. The van der Waals surface area contributed by atoms with Crippen LogP contribution in [0.5, 0.6) is 5.75 Å². The Morgan fingerprint density at radius 3 is 2.89 bits per heavy atom. The van der Waals surface area contributed by atoms with Crippen molar-refractivity contribution in [1.29, 1.82) is 0 Å². The second kappa shape index (κ2) is 8.68. The van der Waals surface area contributed by atoms with Gasteiger partial charge in [-0.05, 0) is 44.7 Å². The first-order valence-corrected chi connectivity index (χ1v) is 9.64. The molecule has 7 nitrogen and oxygen atoms in total. The highest BCUT2D eigenvalue weighted by Gasteiger charge is 2.25. The summed E-state index contributed by atoms with van der Waals surface area (Å²) in [6, 6.07) is 7.48. The van der Waals surface area contributed by atoms with Gasteiger partial charge in [0.15, 0.2) is 0 Å². The van der Waals surface area contributed by atoms with Crippen molar-refractivity contribution in [3.05, 3.63) is 46.6 Å². The number of H-pyrrole nitrogens is 1. The largest absolute Gasteiger partial charge is 0.507 e. The molecular formula is C21H31N5O2. The summed E-state index contributed by atoms with van der Waals surface area (Å²) in [6.45, 7) is 7.42. The van der Waals surface area contributed by atoms with E-state index in [1.807, 2.05) is 26.1 Å². The third-order valence-electron chi connectivity index (χ3n) is 5.55. The van der Waals surface area contributed by atoms with E-state index in [4.69, 9.17) is 16.2 Å². The number of aromatic nitrogens is 1. The van der Waals surface area contributed by atoms with E-state index in [0.717, 1.165) is 36.5 Å². The van der Waals surface area contributed by atoms with Gasteiger partial charge >= 0.3 is 0 Å². The van der Waals surface area contributed by atoms with Crippen LogP contribution < -0.4 is 16.8 Å². The molecule has 28 heavy (non-hydrogen) atoms. The Balaban J connectivity index is 1.89. The minimum absolute atomic E-state index is 0.152. The first-order chi connectivity index (χ1) is 13.4. The Labute approximate surface area is 166 Å². The quantitative estimate of drug-likeness (QED) is 0.538. The number of hydrogen-bond acceptors (Lipinski definition) is 6. The first-order valence-electron chi connectivity index (χ1n) is 9.64. The van der Waals surface area contributed by atoms with Crippen LogP contribution in [0, 0.1) is 6.92 Å². The number of anilines is 1. The minimum atomic E-state index is 0.152. The lowest BCUT2D eigenvalue weighted by Crippen LogP contribution is -2.41. The summed E-state index contributed by atoms with van der Waals surface area (Å²) in [7, 11) is 1.96. The predicted molar refractivity (Wildman–Crippen MR) is 114 cm³/mol. The topological polar surface area (TPSA) is 113 Å². The molecule has 0 spiro atoms. The van der Waals surface area contributed by atoms with Crippen LogP contribution in [0.3, 0.4) is 0 Å². The number of nitrogens with one attached hydrogen (secondary N) is 2. The van der Waals surface area contributed by atoms with Crippen LogP contribution in [0.25, 0.3) is 11.8 Å². The molecule has 0 aliphatic carbocycles. The third kappa shape index (κ3) is 4.16. The van der Waals surface area contributed by atoms with Crippen molar-refractivity contribution in [2.75, 3.05) is 39.1 Å². The van der Waals surface area contributed by atoms with Gasteiger partial charge < -0.3 is 31.6 Å². The second-order valence-corrected chi connectivity index (χ2v) is 7.34. The van der Waals surface area contributed by atoms with Crippen LogP contribution in [0.2, 0.25) is 0 Å². The van der Waals surface area contributed by atoms with Crippen molar-refractivity contribution >= 4 is 17.6 Å². The normalized spacial score (nSPS) is 20.1. The molecule has 3 rings (SSSR count). The lowest BCUT2D eigenvalue weighted by atomic mass is 10.0. The zero-order valence-electron chi connectivity index (χ0n) is 16.8. The maximum Gasteiger partial charge on any atom is 0.124 e. The molecule has 1 aromatic carbocycles. The van der Waals surface area contributed by atoms with Gasteiger partial charge in [-0.25, -0.2) is 0 Å². The number of nitrogen functional groups attached to an aromatic ring is 1. The molecule has 1 saturated heterocycles. The highest BCUT2D eigenvalue weighted by Crippen LogP contribution is 2.32. The standard InChI is InChI=1S/C21H31N5O2/c1-13-17(10-18(22)16-6-4-5-7-19(16)27)21(23)25-20(13)14(2)26-8-9-28-12-15(11-26)24-3/h4-7,10,14-15,24-25,27H,8-9,11-12,22-23H2,1-3H3/b18-10-. The summed E-state index contributed by atoms with van der Waals surface area (Å²) in [6.07, 6.45) is 1.83. The Bertz CT molecular complexity index is 845. The van der Waals surface area contributed by atoms with Crippen molar-refractivity contribution in [3.63, 3.8) is 0 Å². The summed E-state index contributed by atoms with van der Waals surface area (Å²) in [5, 5.41) is 13.4. The SMILES string of the molecule is CNC1COCCN(C(C)c2[nH]c(N)c(/C=C(\N)c3ccccc3O)c2C)C1. The molecule has 0 bridgehead atoms. The van der Waals surface area contributed by atoms with Gasteiger partial charge in [-0.3, -0.25) is 4.90 Å². The Hall–Kier alpha value is -2.48. The molecule has 7 N–H and O–H groups in total. The number of phenolic OH excluding ortho intramolecular Hbond substituents is 1. The van der Waals surface area contributed by atoms with Crippen molar-refractivity contribution in [1.82, 2.24) is 15.2 Å². The number of aromatic amines is 1. The zero-order valence-corrected chi connectivity index (χ0v) is 16.8.